The maximum Gasteiger partial charge on any atom is 0.0440 e. The highest BCUT2D eigenvalue weighted by molar-refractivity contribution is 7.26. The van der Waals surface area contributed by atoms with E-state index in [0.29, 0.717) is 0 Å². The molecular weight excluding hydrogens is 681 g/mol. The van der Waals surface area contributed by atoms with Crippen LogP contribution in [0.2, 0.25) is 0 Å². The van der Waals surface area contributed by atoms with Crippen LogP contribution in [0.1, 0.15) is 49.9 Å². The van der Waals surface area contributed by atoms with E-state index in [1.165, 1.54) is 119 Å². The molecule has 0 N–H and O–H groups in total. The highest BCUT2D eigenvalue weighted by Crippen LogP contribution is 2.58. The smallest absolute Gasteiger partial charge is 0.0440 e. The molecule has 10 aromatic rings. The quantitative estimate of drug-likeness (QED) is 0.156. The van der Waals surface area contributed by atoms with E-state index in [0.717, 1.165) is 0 Å². The Bertz CT molecular complexity index is 3260. The van der Waals surface area contributed by atoms with Crippen LogP contribution in [0.5, 0.6) is 0 Å². The summed E-state index contributed by atoms with van der Waals surface area (Å²) < 4.78 is 2.75. The molecule has 55 heavy (non-hydrogen) atoms. The molecule has 0 bridgehead atoms. The molecule has 0 aliphatic heterocycles. The van der Waals surface area contributed by atoms with Crippen molar-refractivity contribution >= 4 is 63.8 Å². The number of rotatable bonds is 2. The minimum atomic E-state index is -0.183. The van der Waals surface area contributed by atoms with Gasteiger partial charge in [0.05, 0.1) is 0 Å². The molecule has 0 nitrogen and oxygen atoms in total. The first-order chi connectivity index (χ1) is 26.8. The molecule has 260 valence electrons. The van der Waals surface area contributed by atoms with Gasteiger partial charge in [-0.2, -0.15) is 0 Å². The Morgan fingerprint density at radius 2 is 0.836 bits per heavy atom. The average Bonchev–Trinajstić information content (AvgIpc) is 3.80. The van der Waals surface area contributed by atoms with E-state index in [2.05, 4.69) is 185 Å². The first kappa shape index (κ1) is 31.3. The van der Waals surface area contributed by atoms with E-state index in [9.17, 15) is 0 Å². The maximum atomic E-state index is 2.54. The molecule has 0 radical (unpaired) electrons. The summed E-state index contributed by atoms with van der Waals surface area (Å²) in [4.78, 5) is 0. The molecule has 0 unspecified atom stereocenters. The lowest BCUT2D eigenvalue weighted by molar-refractivity contribution is 0.660. The van der Waals surface area contributed by atoms with Gasteiger partial charge >= 0.3 is 0 Å². The number of benzene rings is 9. The molecule has 0 saturated heterocycles. The van der Waals surface area contributed by atoms with Crippen molar-refractivity contribution in [3.63, 3.8) is 0 Å². The van der Waals surface area contributed by atoms with Crippen molar-refractivity contribution in [1.29, 1.82) is 0 Å². The SMILES string of the molecule is CC1(C)c2ccccc2-c2ccc(-c3c4ccccc4c(-c4ccc5c(c4)C(C)(C)c4c-5c5c6ccccc6sc5c5ccccc45)c4ccccc34)cc21. The molecule has 0 fully saturated rings. The van der Waals surface area contributed by atoms with Gasteiger partial charge in [0.15, 0.2) is 0 Å². The van der Waals surface area contributed by atoms with E-state index in [1.807, 2.05) is 11.3 Å². The molecule has 1 aromatic heterocycles. The molecule has 2 aliphatic rings. The first-order valence-corrected chi connectivity index (χ1v) is 20.3. The van der Waals surface area contributed by atoms with Gasteiger partial charge in [0, 0.05) is 31.0 Å². The third kappa shape index (κ3) is 4.01. The molecule has 12 rings (SSSR count). The highest BCUT2D eigenvalue weighted by atomic mass is 32.1. The first-order valence-electron chi connectivity index (χ1n) is 19.5. The summed E-state index contributed by atoms with van der Waals surface area (Å²) in [6.45, 7) is 9.65. The van der Waals surface area contributed by atoms with Gasteiger partial charge in [0.1, 0.15) is 0 Å². The van der Waals surface area contributed by atoms with Crippen LogP contribution in [-0.2, 0) is 10.8 Å². The second kappa shape index (κ2) is 10.8. The summed E-state index contributed by atoms with van der Waals surface area (Å²) >= 11 is 1.94. The predicted octanol–water partition coefficient (Wildman–Crippen LogP) is 15.5. The number of hydrogen-bond donors (Lipinski definition) is 0. The van der Waals surface area contributed by atoms with Crippen LogP contribution in [0.15, 0.2) is 158 Å². The number of thiophene rings is 1. The molecule has 1 heterocycles. The Morgan fingerprint density at radius 1 is 0.364 bits per heavy atom. The van der Waals surface area contributed by atoms with Crippen LogP contribution in [0.4, 0.5) is 0 Å². The van der Waals surface area contributed by atoms with Gasteiger partial charge in [0.25, 0.3) is 0 Å². The zero-order valence-corrected chi connectivity index (χ0v) is 32.2. The van der Waals surface area contributed by atoms with Crippen molar-refractivity contribution in [1.82, 2.24) is 0 Å². The van der Waals surface area contributed by atoms with Gasteiger partial charge in [-0.25, -0.2) is 0 Å². The number of fused-ring (bicyclic) bond motifs is 15. The summed E-state index contributed by atoms with van der Waals surface area (Å²) in [5.74, 6) is 0. The monoisotopic (exact) mass is 718 g/mol. The third-order valence-electron chi connectivity index (χ3n) is 13.2. The molecule has 0 atom stereocenters. The fraction of sp³-hybridized carbons (Fsp3) is 0.111. The van der Waals surface area contributed by atoms with Crippen LogP contribution < -0.4 is 0 Å². The fourth-order valence-corrected chi connectivity index (χ4v) is 12.0. The maximum absolute atomic E-state index is 2.54. The largest absolute Gasteiger partial charge is 0.135 e. The minimum Gasteiger partial charge on any atom is -0.135 e. The lowest BCUT2D eigenvalue weighted by Gasteiger charge is -2.25. The summed E-state index contributed by atoms with van der Waals surface area (Å²) in [5, 5.41) is 10.7. The molecule has 0 spiro atoms. The van der Waals surface area contributed by atoms with Gasteiger partial charge < -0.3 is 0 Å². The van der Waals surface area contributed by atoms with E-state index < -0.39 is 0 Å². The average molecular weight is 719 g/mol. The minimum absolute atomic E-state index is 0.0610. The molecule has 1 heteroatoms. The zero-order valence-electron chi connectivity index (χ0n) is 31.4. The Morgan fingerprint density at radius 3 is 1.47 bits per heavy atom. The molecule has 2 aliphatic carbocycles. The normalized spacial score (nSPS) is 14.8. The van der Waals surface area contributed by atoms with Crippen molar-refractivity contribution in [2.75, 3.05) is 0 Å². The van der Waals surface area contributed by atoms with Crippen LogP contribution in [0.3, 0.4) is 0 Å². The van der Waals surface area contributed by atoms with Crippen LogP contribution >= 0.6 is 11.3 Å². The number of hydrogen-bond acceptors (Lipinski definition) is 1. The molecule has 9 aromatic carbocycles. The Kier molecular flexibility index (Phi) is 6.16. The van der Waals surface area contributed by atoms with Crippen molar-refractivity contribution < 1.29 is 0 Å². The van der Waals surface area contributed by atoms with Crippen molar-refractivity contribution in [3.05, 3.63) is 180 Å². The Balaban J connectivity index is 1.12. The molecule has 0 amide bonds. The lowest BCUT2D eigenvalue weighted by atomic mass is 9.78. The van der Waals surface area contributed by atoms with Gasteiger partial charge in [-0.3, -0.25) is 0 Å². The molecular formula is C54H38S. The van der Waals surface area contributed by atoms with Crippen molar-refractivity contribution in [2.24, 2.45) is 0 Å². The second-order valence-corrected chi connectivity index (χ2v) is 17.8. The third-order valence-corrected chi connectivity index (χ3v) is 14.4. The summed E-state index contributed by atoms with van der Waals surface area (Å²) in [6.07, 6.45) is 0. The lowest BCUT2D eigenvalue weighted by Crippen LogP contribution is -2.15. The van der Waals surface area contributed by atoms with E-state index in [4.69, 9.17) is 0 Å². The highest BCUT2D eigenvalue weighted by Gasteiger charge is 2.40. The van der Waals surface area contributed by atoms with Gasteiger partial charge in [0.2, 0.25) is 0 Å². The van der Waals surface area contributed by atoms with E-state index >= 15 is 0 Å². The molecule has 0 saturated carbocycles. The van der Waals surface area contributed by atoms with E-state index in [1.54, 1.807) is 0 Å². The van der Waals surface area contributed by atoms with Crippen molar-refractivity contribution in [2.45, 2.75) is 38.5 Å². The predicted molar refractivity (Wildman–Crippen MR) is 238 cm³/mol. The topological polar surface area (TPSA) is 0 Å². The Labute approximate surface area is 325 Å². The zero-order chi connectivity index (χ0) is 36.8. The summed E-state index contributed by atoms with van der Waals surface area (Å²) in [5.41, 5.74) is 16.1. The fourth-order valence-electron chi connectivity index (χ4n) is 10.7. The summed E-state index contributed by atoms with van der Waals surface area (Å²) in [6, 6.07) is 59.8. The van der Waals surface area contributed by atoms with Crippen molar-refractivity contribution in [3.8, 4) is 44.5 Å². The second-order valence-electron chi connectivity index (χ2n) is 16.8. The van der Waals surface area contributed by atoms with Gasteiger partial charge in [-0.05, 0) is 117 Å². The van der Waals surface area contributed by atoms with Gasteiger partial charge in [-0.1, -0.05) is 167 Å². The standard InChI is InChI=1S/C54H38S/c1-53(2)43-23-13-11-15-33(43)34-27-25-31(29-44(34)53)47-35-16-5-7-18-37(35)48(38-19-8-6-17-36(38)47)32-26-28-41-45(30-32)54(3,4)51-39-20-9-10-21-40(39)52-50(49(41)51)42-22-12-14-24-46(42)55-52/h5-30H,1-4H3. The van der Waals surface area contributed by atoms with Gasteiger partial charge in [-0.15, -0.1) is 11.3 Å². The Hall–Kier alpha value is -6.02. The van der Waals surface area contributed by atoms with Crippen LogP contribution in [0, 0.1) is 0 Å². The summed E-state index contributed by atoms with van der Waals surface area (Å²) in [7, 11) is 0. The van der Waals surface area contributed by atoms with Crippen LogP contribution in [0.25, 0.3) is 97.0 Å². The van der Waals surface area contributed by atoms with E-state index in [-0.39, 0.29) is 10.8 Å². The van der Waals surface area contributed by atoms with Crippen LogP contribution in [-0.4, -0.2) is 0 Å².